The predicted octanol–water partition coefficient (Wildman–Crippen LogP) is 0.387. The fraction of sp³-hybridized carbons (Fsp3) is 0.875. The number of rotatable bonds is 4. The molecule has 4 nitrogen and oxygen atoms in total. The van der Waals surface area contributed by atoms with Gasteiger partial charge in [-0.05, 0) is 12.8 Å². The van der Waals surface area contributed by atoms with E-state index in [-0.39, 0.29) is 6.10 Å². The van der Waals surface area contributed by atoms with Crippen molar-refractivity contribution in [1.29, 1.82) is 0 Å². The maximum absolute atomic E-state index is 11.1. The number of carboxylic acid groups (broad SMARTS) is 1. The number of aliphatic carboxylic acids is 1. The molecule has 0 spiro atoms. The van der Waals surface area contributed by atoms with E-state index in [0.29, 0.717) is 24.3 Å². The number of carboxylic acids is 1. The highest BCUT2D eigenvalue weighted by Crippen LogP contribution is 2.20. The van der Waals surface area contributed by atoms with Crippen molar-refractivity contribution < 1.29 is 18.8 Å². The van der Waals surface area contributed by atoms with Crippen LogP contribution in [0.2, 0.25) is 0 Å². The van der Waals surface area contributed by atoms with Gasteiger partial charge < -0.3 is 9.84 Å². The molecule has 76 valence electrons. The van der Waals surface area contributed by atoms with Crippen molar-refractivity contribution in [2.75, 3.05) is 11.5 Å². The lowest BCUT2D eigenvalue weighted by molar-refractivity contribution is -0.148. The summed E-state index contributed by atoms with van der Waals surface area (Å²) in [6.45, 7) is 1.85. The molecule has 0 aliphatic carbocycles. The summed E-state index contributed by atoms with van der Waals surface area (Å²) >= 11 is 0. The van der Waals surface area contributed by atoms with Gasteiger partial charge in [-0.3, -0.25) is 4.21 Å². The lowest BCUT2D eigenvalue weighted by Gasteiger charge is -2.09. The third-order valence-electron chi connectivity index (χ3n) is 2.08. The summed E-state index contributed by atoms with van der Waals surface area (Å²) in [5.74, 6) is 0.169. The van der Waals surface area contributed by atoms with Crippen LogP contribution in [0.1, 0.15) is 19.8 Å². The first-order valence-electron chi connectivity index (χ1n) is 4.36. The summed E-state index contributed by atoms with van der Waals surface area (Å²) in [7, 11) is -0.863. The Hall–Kier alpha value is -0.420. The Labute approximate surface area is 79.7 Å². The minimum atomic E-state index is -0.912. The topological polar surface area (TPSA) is 63.6 Å². The highest BCUT2D eigenvalue weighted by atomic mass is 32.2. The van der Waals surface area contributed by atoms with Crippen molar-refractivity contribution in [3.63, 3.8) is 0 Å². The van der Waals surface area contributed by atoms with E-state index in [2.05, 4.69) is 0 Å². The normalized spacial score (nSPS) is 30.2. The molecule has 1 fully saturated rings. The maximum Gasteiger partial charge on any atom is 0.332 e. The van der Waals surface area contributed by atoms with Gasteiger partial charge in [0, 0.05) is 22.3 Å². The van der Waals surface area contributed by atoms with E-state index in [0.717, 1.165) is 0 Å². The SMILES string of the molecule is CCS(=O)CC1CCC(C(=O)O)O1. The summed E-state index contributed by atoms with van der Waals surface area (Å²) in [6.07, 6.45) is 0.449. The van der Waals surface area contributed by atoms with Crippen LogP contribution in [0.25, 0.3) is 0 Å². The van der Waals surface area contributed by atoms with Crippen LogP contribution in [-0.4, -0.2) is 39.0 Å². The molecule has 0 aromatic rings. The monoisotopic (exact) mass is 206 g/mol. The van der Waals surface area contributed by atoms with Gasteiger partial charge in [-0.2, -0.15) is 0 Å². The van der Waals surface area contributed by atoms with Crippen LogP contribution in [0.4, 0.5) is 0 Å². The summed E-state index contributed by atoms with van der Waals surface area (Å²) < 4.78 is 16.3. The smallest absolute Gasteiger partial charge is 0.332 e. The van der Waals surface area contributed by atoms with E-state index in [1.165, 1.54) is 0 Å². The molecule has 0 aromatic carbocycles. The van der Waals surface area contributed by atoms with Crippen molar-refractivity contribution in [3.8, 4) is 0 Å². The molecule has 0 bridgehead atoms. The standard InChI is InChI=1S/C8H14O4S/c1-2-13(11)5-6-3-4-7(12-6)8(9)10/h6-7H,2-5H2,1H3,(H,9,10). The van der Waals surface area contributed by atoms with Crippen molar-refractivity contribution in [2.45, 2.75) is 32.0 Å². The lowest BCUT2D eigenvalue weighted by atomic mass is 10.2. The Morgan fingerprint density at radius 2 is 2.31 bits per heavy atom. The van der Waals surface area contributed by atoms with Gasteiger partial charge in [0.25, 0.3) is 0 Å². The van der Waals surface area contributed by atoms with E-state index in [4.69, 9.17) is 9.84 Å². The molecular formula is C8H14O4S. The number of ether oxygens (including phenoxy) is 1. The minimum Gasteiger partial charge on any atom is -0.479 e. The van der Waals surface area contributed by atoms with Crippen molar-refractivity contribution >= 4 is 16.8 Å². The number of hydrogen-bond acceptors (Lipinski definition) is 3. The molecule has 1 aliphatic heterocycles. The van der Waals surface area contributed by atoms with E-state index in [9.17, 15) is 9.00 Å². The third-order valence-corrected chi connectivity index (χ3v) is 3.46. The molecule has 0 aromatic heterocycles. The van der Waals surface area contributed by atoms with Gasteiger partial charge in [-0.15, -0.1) is 0 Å². The molecule has 1 rings (SSSR count). The van der Waals surface area contributed by atoms with Crippen LogP contribution in [0.3, 0.4) is 0 Å². The van der Waals surface area contributed by atoms with Crippen molar-refractivity contribution in [2.24, 2.45) is 0 Å². The molecule has 0 amide bonds. The van der Waals surface area contributed by atoms with Crippen LogP contribution < -0.4 is 0 Å². The van der Waals surface area contributed by atoms with Gasteiger partial charge >= 0.3 is 5.97 Å². The molecule has 1 N–H and O–H groups in total. The molecule has 5 heteroatoms. The summed E-state index contributed by atoms with van der Waals surface area (Å²) in [5.41, 5.74) is 0. The molecule has 13 heavy (non-hydrogen) atoms. The summed E-state index contributed by atoms with van der Waals surface area (Å²) in [5, 5.41) is 8.62. The second-order valence-electron chi connectivity index (χ2n) is 3.06. The highest BCUT2D eigenvalue weighted by Gasteiger charge is 2.30. The van der Waals surface area contributed by atoms with Crippen LogP contribution in [-0.2, 0) is 20.3 Å². The Morgan fingerprint density at radius 1 is 1.62 bits per heavy atom. The fourth-order valence-corrected chi connectivity index (χ4v) is 2.23. The minimum absolute atomic E-state index is 0.123. The van der Waals surface area contributed by atoms with Gasteiger partial charge in [0.1, 0.15) is 0 Å². The van der Waals surface area contributed by atoms with Gasteiger partial charge in [0.15, 0.2) is 6.10 Å². The number of hydrogen-bond donors (Lipinski definition) is 1. The predicted molar refractivity (Wildman–Crippen MR) is 49.1 cm³/mol. The van der Waals surface area contributed by atoms with Crippen LogP contribution in [0.15, 0.2) is 0 Å². The molecule has 0 radical (unpaired) electrons. The zero-order chi connectivity index (χ0) is 9.84. The zero-order valence-corrected chi connectivity index (χ0v) is 8.38. The summed E-state index contributed by atoms with van der Waals surface area (Å²) in [6, 6.07) is 0. The zero-order valence-electron chi connectivity index (χ0n) is 7.56. The molecule has 1 aliphatic rings. The Bertz CT molecular complexity index is 216. The number of carbonyl (C=O) groups is 1. The first kappa shape index (κ1) is 10.7. The first-order chi connectivity index (χ1) is 6.13. The van der Waals surface area contributed by atoms with Gasteiger partial charge in [0.2, 0.25) is 0 Å². The Morgan fingerprint density at radius 3 is 2.77 bits per heavy atom. The lowest BCUT2D eigenvalue weighted by Crippen LogP contribution is -2.23. The van der Waals surface area contributed by atoms with Crippen LogP contribution in [0.5, 0.6) is 0 Å². The quantitative estimate of drug-likeness (QED) is 0.722. The van der Waals surface area contributed by atoms with E-state index >= 15 is 0 Å². The second-order valence-corrected chi connectivity index (χ2v) is 4.85. The van der Waals surface area contributed by atoms with Gasteiger partial charge in [0.05, 0.1) is 6.10 Å². The van der Waals surface area contributed by atoms with Crippen LogP contribution in [0, 0.1) is 0 Å². The Kier molecular flexibility index (Phi) is 3.87. The van der Waals surface area contributed by atoms with Crippen LogP contribution >= 0.6 is 0 Å². The molecule has 3 atom stereocenters. The second kappa shape index (κ2) is 4.72. The maximum atomic E-state index is 11.1. The average Bonchev–Trinajstić information content (AvgIpc) is 2.52. The van der Waals surface area contributed by atoms with Gasteiger partial charge in [-0.25, -0.2) is 4.79 Å². The molecule has 3 unspecified atom stereocenters. The average molecular weight is 206 g/mol. The van der Waals surface area contributed by atoms with Gasteiger partial charge in [-0.1, -0.05) is 6.92 Å². The summed E-state index contributed by atoms with van der Waals surface area (Å²) in [4.78, 5) is 10.5. The van der Waals surface area contributed by atoms with E-state index in [1.54, 1.807) is 0 Å². The molecule has 1 heterocycles. The van der Waals surface area contributed by atoms with E-state index in [1.807, 2.05) is 6.92 Å². The van der Waals surface area contributed by atoms with E-state index < -0.39 is 22.9 Å². The highest BCUT2D eigenvalue weighted by molar-refractivity contribution is 7.84. The fourth-order valence-electron chi connectivity index (χ4n) is 1.34. The third kappa shape index (κ3) is 3.08. The van der Waals surface area contributed by atoms with Crippen molar-refractivity contribution in [3.05, 3.63) is 0 Å². The first-order valence-corrected chi connectivity index (χ1v) is 5.85. The molecule has 1 saturated heterocycles. The Balaban J connectivity index is 2.33. The van der Waals surface area contributed by atoms with Crippen molar-refractivity contribution in [1.82, 2.24) is 0 Å². The largest absolute Gasteiger partial charge is 0.479 e. The molecular weight excluding hydrogens is 192 g/mol. The molecule has 0 saturated carbocycles.